The fourth-order valence-electron chi connectivity index (χ4n) is 1.78. The van der Waals surface area contributed by atoms with Gasteiger partial charge < -0.3 is 5.32 Å². The topological polar surface area (TPSA) is 86.9 Å². The van der Waals surface area contributed by atoms with Crippen LogP contribution in [-0.4, -0.2) is 54.7 Å². The summed E-state index contributed by atoms with van der Waals surface area (Å²) in [6.07, 6.45) is 1.54. The van der Waals surface area contributed by atoms with E-state index in [9.17, 15) is 8.42 Å². The van der Waals surface area contributed by atoms with Crippen LogP contribution in [0.5, 0.6) is 0 Å². The molecule has 2 rings (SSSR count). The maximum Gasteiger partial charge on any atom is 0.257 e. The highest BCUT2D eigenvalue weighted by Gasteiger charge is 2.23. The van der Waals surface area contributed by atoms with Crippen LogP contribution >= 0.6 is 23.5 Å². The monoisotopic (exact) mass is 322 g/mol. The minimum absolute atomic E-state index is 0.162. The van der Waals surface area contributed by atoms with Gasteiger partial charge in [0.05, 0.1) is 6.20 Å². The normalized spacial score (nSPS) is 20.6. The number of aromatic amines is 1. The van der Waals surface area contributed by atoms with Crippen molar-refractivity contribution in [1.29, 1.82) is 0 Å². The van der Waals surface area contributed by atoms with Gasteiger partial charge in [-0.25, -0.2) is 13.1 Å². The summed E-state index contributed by atoms with van der Waals surface area (Å²) in [4.78, 5) is 0. The Morgan fingerprint density at radius 1 is 1.53 bits per heavy atom. The average molecular weight is 322 g/mol. The Morgan fingerprint density at radius 2 is 2.37 bits per heavy atom. The van der Waals surface area contributed by atoms with Crippen molar-refractivity contribution < 1.29 is 8.42 Å². The highest BCUT2D eigenvalue weighted by molar-refractivity contribution is 8.06. The molecule has 1 aliphatic rings. The summed E-state index contributed by atoms with van der Waals surface area (Å²) in [5, 5.41) is 9.82. The molecular weight excluding hydrogens is 304 g/mol. The van der Waals surface area contributed by atoms with E-state index in [0.29, 0.717) is 23.9 Å². The van der Waals surface area contributed by atoms with Gasteiger partial charge in [-0.3, -0.25) is 5.10 Å². The molecule has 1 atom stereocenters. The number of nitrogens with zero attached hydrogens (tertiary/aromatic N) is 1. The van der Waals surface area contributed by atoms with Crippen LogP contribution in [0.1, 0.15) is 5.56 Å². The van der Waals surface area contributed by atoms with E-state index in [1.807, 2.05) is 23.5 Å². The second-order valence-corrected chi connectivity index (χ2v) is 8.44. The molecule has 1 fully saturated rings. The van der Waals surface area contributed by atoms with Gasteiger partial charge >= 0.3 is 0 Å². The summed E-state index contributed by atoms with van der Waals surface area (Å²) < 4.78 is 27.1. The van der Waals surface area contributed by atoms with E-state index in [-0.39, 0.29) is 5.03 Å². The highest BCUT2D eigenvalue weighted by Crippen LogP contribution is 2.23. The molecule has 0 radical (unpaired) electrons. The number of H-pyrrole nitrogens is 1. The molecule has 3 N–H and O–H groups in total. The second kappa shape index (κ2) is 6.98. The molecule has 2 heterocycles. The molecule has 1 aromatic heterocycles. The second-order valence-electron chi connectivity index (χ2n) is 4.17. The molecular formula is C10H18N4O2S3. The number of sulfonamides is 1. The molecule has 0 spiro atoms. The molecule has 0 bridgehead atoms. The lowest BCUT2D eigenvalue weighted by molar-refractivity contribution is 0.575. The third kappa shape index (κ3) is 4.12. The van der Waals surface area contributed by atoms with E-state index in [1.54, 1.807) is 7.05 Å². The molecule has 1 aliphatic heterocycles. The quantitative estimate of drug-likeness (QED) is 0.696. The molecule has 0 aliphatic carbocycles. The third-order valence-electron chi connectivity index (χ3n) is 2.70. The number of hydrogen-bond donors (Lipinski definition) is 3. The van der Waals surface area contributed by atoms with Crippen molar-refractivity contribution in [3.63, 3.8) is 0 Å². The van der Waals surface area contributed by atoms with Crippen LogP contribution in [0, 0.1) is 0 Å². The molecule has 1 saturated heterocycles. The maximum absolute atomic E-state index is 12.2. The van der Waals surface area contributed by atoms with Crippen LogP contribution < -0.4 is 10.0 Å². The van der Waals surface area contributed by atoms with Crippen LogP contribution in [0.3, 0.4) is 0 Å². The van der Waals surface area contributed by atoms with Gasteiger partial charge in [0.15, 0.2) is 5.03 Å². The van der Waals surface area contributed by atoms with E-state index in [4.69, 9.17) is 0 Å². The molecule has 0 aromatic carbocycles. The molecule has 1 unspecified atom stereocenters. The van der Waals surface area contributed by atoms with Crippen LogP contribution in [0.15, 0.2) is 11.2 Å². The minimum Gasteiger partial charge on any atom is -0.316 e. The summed E-state index contributed by atoms with van der Waals surface area (Å²) >= 11 is 3.71. The predicted octanol–water partition coefficient (Wildman–Crippen LogP) is 0.256. The highest BCUT2D eigenvalue weighted by atomic mass is 32.2. The van der Waals surface area contributed by atoms with Crippen molar-refractivity contribution in [3.8, 4) is 0 Å². The van der Waals surface area contributed by atoms with Crippen molar-refractivity contribution in [2.45, 2.75) is 16.8 Å². The Kier molecular flexibility index (Phi) is 5.58. The predicted molar refractivity (Wildman–Crippen MR) is 80.1 cm³/mol. The summed E-state index contributed by atoms with van der Waals surface area (Å²) in [7, 11) is -1.73. The first kappa shape index (κ1) is 15.2. The van der Waals surface area contributed by atoms with Gasteiger partial charge in [-0.05, 0) is 7.05 Å². The largest absolute Gasteiger partial charge is 0.316 e. The molecule has 108 valence electrons. The Hall–Kier alpha value is -0.220. The first-order valence-electron chi connectivity index (χ1n) is 5.99. The first-order chi connectivity index (χ1) is 9.13. The number of rotatable bonds is 6. The molecule has 1 aromatic rings. The fraction of sp³-hybridized carbons (Fsp3) is 0.700. The van der Waals surface area contributed by atoms with Gasteiger partial charge in [0.1, 0.15) is 0 Å². The van der Waals surface area contributed by atoms with E-state index in [1.165, 1.54) is 6.20 Å². The Bertz CT molecular complexity index is 497. The van der Waals surface area contributed by atoms with Crippen LogP contribution in [0.4, 0.5) is 0 Å². The lowest BCUT2D eigenvalue weighted by atomic mass is 10.4. The zero-order valence-electron chi connectivity index (χ0n) is 10.7. The fourth-order valence-corrected chi connectivity index (χ4v) is 5.70. The van der Waals surface area contributed by atoms with E-state index in [2.05, 4.69) is 20.2 Å². The summed E-state index contributed by atoms with van der Waals surface area (Å²) in [5.74, 6) is 3.24. The molecule has 0 saturated carbocycles. The van der Waals surface area contributed by atoms with Gasteiger partial charge in [0.25, 0.3) is 10.0 Å². The zero-order valence-corrected chi connectivity index (χ0v) is 13.1. The zero-order chi connectivity index (χ0) is 13.7. The van der Waals surface area contributed by atoms with Crippen molar-refractivity contribution in [2.75, 3.05) is 30.9 Å². The van der Waals surface area contributed by atoms with Crippen molar-refractivity contribution in [1.82, 2.24) is 20.2 Å². The van der Waals surface area contributed by atoms with Crippen molar-refractivity contribution in [3.05, 3.63) is 11.8 Å². The molecule has 9 heteroatoms. The summed E-state index contributed by atoms with van der Waals surface area (Å²) in [5.41, 5.74) is 0.653. The lowest BCUT2D eigenvalue weighted by Gasteiger charge is -2.21. The summed E-state index contributed by atoms with van der Waals surface area (Å²) in [6.45, 7) is 0.943. The SMILES string of the molecule is CNCc1cn[nH]c1S(=O)(=O)NCC1CSCCS1. The van der Waals surface area contributed by atoms with Gasteiger partial charge in [-0.2, -0.15) is 28.6 Å². The molecule has 0 amide bonds. The number of thioether (sulfide) groups is 2. The number of aromatic nitrogens is 2. The first-order valence-corrected chi connectivity index (χ1v) is 9.68. The average Bonchev–Trinajstić information content (AvgIpc) is 2.87. The van der Waals surface area contributed by atoms with Crippen molar-refractivity contribution in [2.24, 2.45) is 0 Å². The van der Waals surface area contributed by atoms with Crippen LogP contribution in [0.25, 0.3) is 0 Å². The van der Waals surface area contributed by atoms with E-state index >= 15 is 0 Å². The molecule has 6 nitrogen and oxygen atoms in total. The van der Waals surface area contributed by atoms with Gasteiger partial charge in [-0.15, -0.1) is 0 Å². The van der Waals surface area contributed by atoms with E-state index in [0.717, 1.165) is 17.3 Å². The van der Waals surface area contributed by atoms with Gasteiger partial charge in [-0.1, -0.05) is 0 Å². The van der Waals surface area contributed by atoms with Crippen molar-refractivity contribution >= 4 is 33.5 Å². The lowest BCUT2D eigenvalue weighted by Crippen LogP contribution is -2.34. The third-order valence-corrected chi connectivity index (χ3v) is 6.98. The molecule has 19 heavy (non-hydrogen) atoms. The Balaban J connectivity index is 1.98. The van der Waals surface area contributed by atoms with E-state index < -0.39 is 10.0 Å². The minimum atomic E-state index is -3.50. The smallest absolute Gasteiger partial charge is 0.257 e. The van der Waals surface area contributed by atoms with Crippen LogP contribution in [-0.2, 0) is 16.6 Å². The number of hydrogen-bond acceptors (Lipinski definition) is 6. The van der Waals surface area contributed by atoms with Gasteiger partial charge in [0, 0.05) is 41.2 Å². The standard InChI is InChI=1S/C10H18N4O2S3/c1-11-4-8-5-12-14-10(8)19(15,16)13-6-9-7-17-2-3-18-9/h5,9,11,13H,2-4,6-7H2,1H3,(H,12,14). The Morgan fingerprint density at radius 3 is 3.05 bits per heavy atom. The maximum atomic E-state index is 12.2. The Labute approximate surface area is 121 Å². The number of nitrogens with one attached hydrogen (secondary N) is 3. The van der Waals surface area contributed by atoms with Gasteiger partial charge in [0.2, 0.25) is 0 Å². The van der Waals surface area contributed by atoms with Crippen LogP contribution in [0.2, 0.25) is 0 Å². The summed E-state index contributed by atoms with van der Waals surface area (Å²) in [6, 6.07) is 0.